The molecule has 2 aromatic carbocycles. The molecule has 0 aliphatic carbocycles. The van der Waals surface area contributed by atoms with Crippen LogP contribution in [0, 0.1) is 6.92 Å². The highest BCUT2D eigenvalue weighted by Crippen LogP contribution is 2.26. The zero-order valence-electron chi connectivity index (χ0n) is 11.0. The van der Waals surface area contributed by atoms with Crippen LogP contribution in [0.4, 0.5) is 0 Å². The Labute approximate surface area is 126 Å². The Morgan fingerprint density at radius 3 is 2.55 bits per heavy atom. The van der Waals surface area contributed by atoms with E-state index in [1.807, 2.05) is 37.3 Å². The lowest BCUT2D eigenvalue weighted by Gasteiger charge is -2.09. The predicted molar refractivity (Wildman–Crippen MR) is 82.2 cm³/mol. The third-order valence-electron chi connectivity index (χ3n) is 2.84. The Kier molecular flexibility index (Phi) is 4.63. The summed E-state index contributed by atoms with van der Waals surface area (Å²) in [7, 11) is 0. The first-order valence-electron chi connectivity index (χ1n) is 6.06. The monoisotopic (exact) mass is 334 g/mol. The number of nitrogens with zero attached hydrogens (tertiary/aromatic N) is 1. The van der Waals surface area contributed by atoms with Gasteiger partial charge in [0, 0.05) is 5.56 Å². The van der Waals surface area contributed by atoms with Crippen LogP contribution in [0.1, 0.15) is 16.7 Å². The van der Waals surface area contributed by atoms with Gasteiger partial charge in [0.15, 0.2) is 5.84 Å². The van der Waals surface area contributed by atoms with E-state index in [4.69, 9.17) is 15.7 Å². The number of halogens is 1. The Hall–Kier alpha value is -2.01. The number of amidine groups is 1. The lowest BCUT2D eigenvalue weighted by atomic mass is 10.1. The molecule has 0 radical (unpaired) electrons. The third-order valence-corrected chi connectivity index (χ3v) is 3.46. The van der Waals surface area contributed by atoms with Gasteiger partial charge >= 0.3 is 0 Å². The van der Waals surface area contributed by atoms with Crippen LogP contribution in [0.25, 0.3) is 0 Å². The van der Waals surface area contributed by atoms with Gasteiger partial charge in [0.25, 0.3) is 0 Å². The topological polar surface area (TPSA) is 67.8 Å². The molecule has 0 spiro atoms. The van der Waals surface area contributed by atoms with Gasteiger partial charge in [-0.1, -0.05) is 35.5 Å². The second kappa shape index (κ2) is 6.43. The Balaban J connectivity index is 2.04. The third kappa shape index (κ3) is 3.51. The zero-order chi connectivity index (χ0) is 14.5. The summed E-state index contributed by atoms with van der Waals surface area (Å²) in [5, 5.41) is 11.6. The molecular formula is C15H15BrN2O2. The van der Waals surface area contributed by atoms with Crippen molar-refractivity contribution < 1.29 is 9.94 Å². The standard InChI is InChI=1S/C15H15BrN2O2/c1-10-2-7-14(13(16)8-10)20-9-11-3-5-12(6-4-11)15(17)18-19/h2-8,19H,9H2,1H3,(H2,17,18). The molecule has 0 saturated carbocycles. The Bertz CT molecular complexity index is 624. The summed E-state index contributed by atoms with van der Waals surface area (Å²) in [6, 6.07) is 13.3. The van der Waals surface area contributed by atoms with Gasteiger partial charge < -0.3 is 15.7 Å². The zero-order valence-corrected chi connectivity index (χ0v) is 12.6. The van der Waals surface area contributed by atoms with Crippen molar-refractivity contribution in [1.29, 1.82) is 0 Å². The van der Waals surface area contributed by atoms with Gasteiger partial charge in [-0.2, -0.15) is 0 Å². The van der Waals surface area contributed by atoms with Crippen LogP contribution in [-0.2, 0) is 6.61 Å². The molecule has 0 heterocycles. The van der Waals surface area contributed by atoms with Crippen molar-refractivity contribution in [2.24, 2.45) is 10.9 Å². The first kappa shape index (κ1) is 14.4. The lowest BCUT2D eigenvalue weighted by molar-refractivity contribution is 0.304. The second-order valence-electron chi connectivity index (χ2n) is 4.40. The summed E-state index contributed by atoms with van der Waals surface area (Å²) in [4.78, 5) is 0. The number of rotatable bonds is 4. The number of nitrogens with two attached hydrogens (primary N) is 1. The molecule has 0 aliphatic rings. The summed E-state index contributed by atoms with van der Waals surface area (Å²) in [6.45, 7) is 2.48. The van der Waals surface area contributed by atoms with E-state index in [1.54, 1.807) is 12.1 Å². The van der Waals surface area contributed by atoms with E-state index in [1.165, 1.54) is 5.56 Å². The van der Waals surface area contributed by atoms with E-state index in [0.717, 1.165) is 15.8 Å². The van der Waals surface area contributed by atoms with E-state index < -0.39 is 0 Å². The maximum atomic E-state index is 8.60. The predicted octanol–water partition coefficient (Wildman–Crippen LogP) is 3.43. The highest BCUT2D eigenvalue weighted by molar-refractivity contribution is 9.10. The Morgan fingerprint density at radius 1 is 1.25 bits per heavy atom. The number of hydrogen-bond acceptors (Lipinski definition) is 3. The largest absolute Gasteiger partial charge is 0.488 e. The summed E-state index contributed by atoms with van der Waals surface area (Å²) in [6.07, 6.45) is 0. The second-order valence-corrected chi connectivity index (χ2v) is 5.26. The van der Waals surface area contributed by atoms with Gasteiger partial charge in [-0.05, 0) is 46.1 Å². The van der Waals surface area contributed by atoms with Crippen molar-refractivity contribution in [2.75, 3.05) is 0 Å². The van der Waals surface area contributed by atoms with Crippen molar-refractivity contribution in [1.82, 2.24) is 0 Å². The van der Waals surface area contributed by atoms with Crippen molar-refractivity contribution in [2.45, 2.75) is 13.5 Å². The molecule has 0 bridgehead atoms. The van der Waals surface area contributed by atoms with Crippen LogP contribution in [0.2, 0.25) is 0 Å². The molecule has 0 aliphatic heterocycles. The van der Waals surface area contributed by atoms with E-state index in [9.17, 15) is 0 Å². The fraction of sp³-hybridized carbons (Fsp3) is 0.133. The molecule has 2 aromatic rings. The quantitative estimate of drug-likeness (QED) is 0.389. The van der Waals surface area contributed by atoms with E-state index in [-0.39, 0.29) is 5.84 Å². The fourth-order valence-electron chi connectivity index (χ4n) is 1.71. The Morgan fingerprint density at radius 2 is 1.95 bits per heavy atom. The first-order valence-corrected chi connectivity index (χ1v) is 6.85. The number of ether oxygens (including phenoxy) is 1. The minimum absolute atomic E-state index is 0.0961. The minimum Gasteiger partial charge on any atom is -0.488 e. The molecular weight excluding hydrogens is 320 g/mol. The smallest absolute Gasteiger partial charge is 0.170 e. The van der Waals surface area contributed by atoms with Crippen LogP contribution < -0.4 is 10.5 Å². The normalized spacial score (nSPS) is 11.4. The highest BCUT2D eigenvalue weighted by atomic mass is 79.9. The molecule has 0 fully saturated rings. The first-order chi connectivity index (χ1) is 9.60. The molecule has 104 valence electrons. The number of hydrogen-bond donors (Lipinski definition) is 2. The summed E-state index contributed by atoms with van der Waals surface area (Å²) in [5.41, 5.74) is 8.36. The molecule has 0 unspecified atom stereocenters. The summed E-state index contributed by atoms with van der Waals surface area (Å²) >= 11 is 3.48. The number of oxime groups is 1. The minimum atomic E-state index is 0.0961. The lowest BCUT2D eigenvalue weighted by Crippen LogP contribution is -2.12. The number of benzene rings is 2. The molecule has 0 atom stereocenters. The maximum absolute atomic E-state index is 8.60. The average molecular weight is 335 g/mol. The molecule has 0 aromatic heterocycles. The fourth-order valence-corrected chi connectivity index (χ4v) is 2.32. The SMILES string of the molecule is Cc1ccc(OCc2ccc(/C(N)=N/O)cc2)c(Br)c1. The van der Waals surface area contributed by atoms with Crippen molar-refractivity contribution in [3.8, 4) is 5.75 Å². The van der Waals surface area contributed by atoms with Crippen molar-refractivity contribution in [3.05, 3.63) is 63.6 Å². The molecule has 0 saturated heterocycles. The van der Waals surface area contributed by atoms with Crippen LogP contribution in [0.15, 0.2) is 52.1 Å². The van der Waals surface area contributed by atoms with E-state index in [0.29, 0.717) is 12.2 Å². The molecule has 3 N–H and O–H groups in total. The van der Waals surface area contributed by atoms with Gasteiger partial charge in [-0.15, -0.1) is 0 Å². The molecule has 2 rings (SSSR count). The maximum Gasteiger partial charge on any atom is 0.170 e. The van der Waals surface area contributed by atoms with E-state index in [2.05, 4.69) is 21.1 Å². The van der Waals surface area contributed by atoms with E-state index >= 15 is 0 Å². The van der Waals surface area contributed by atoms with Crippen LogP contribution in [0.3, 0.4) is 0 Å². The van der Waals surface area contributed by atoms with Gasteiger partial charge in [0.2, 0.25) is 0 Å². The van der Waals surface area contributed by atoms with Crippen LogP contribution in [-0.4, -0.2) is 11.0 Å². The summed E-state index contributed by atoms with van der Waals surface area (Å²) < 4.78 is 6.68. The number of aryl methyl sites for hydroxylation is 1. The van der Waals surface area contributed by atoms with Gasteiger partial charge in [-0.25, -0.2) is 0 Å². The molecule has 0 amide bonds. The van der Waals surface area contributed by atoms with Gasteiger partial charge in [0.1, 0.15) is 12.4 Å². The average Bonchev–Trinajstić information content (AvgIpc) is 2.46. The highest BCUT2D eigenvalue weighted by Gasteiger charge is 2.03. The van der Waals surface area contributed by atoms with Crippen molar-refractivity contribution >= 4 is 21.8 Å². The van der Waals surface area contributed by atoms with Crippen molar-refractivity contribution in [3.63, 3.8) is 0 Å². The molecule has 4 nitrogen and oxygen atoms in total. The van der Waals surface area contributed by atoms with Crippen LogP contribution in [0.5, 0.6) is 5.75 Å². The van der Waals surface area contributed by atoms with Crippen LogP contribution >= 0.6 is 15.9 Å². The summed E-state index contributed by atoms with van der Waals surface area (Å²) in [5.74, 6) is 0.898. The molecule has 20 heavy (non-hydrogen) atoms. The van der Waals surface area contributed by atoms with Gasteiger partial charge in [0.05, 0.1) is 4.47 Å². The van der Waals surface area contributed by atoms with Gasteiger partial charge in [-0.3, -0.25) is 0 Å². The molecule has 5 heteroatoms.